The normalized spacial score (nSPS) is 11.6. The number of sulfonamides is 1. The maximum Gasteiger partial charge on any atom is 0.232 e. The molecule has 0 spiro atoms. The van der Waals surface area contributed by atoms with E-state index in [-0.39, 0.29) is 10.2 Å². The van der Waals surface area contributed by atoms with Crippen molar-refractivity contribution in [1.29, 1.82) is 0 Å². The lowest BCUT2D eigenvalue weighted by molar-refractivity contribution is 0.593. The third-order valence-electron chi connectivity index (χ3n) is 2.80. The summed E-state index contributed by atoms with van der Waals surface area (Å²) in [5.41, 5.74) is 0.965. The van der Waals surface area contributed by atoms with Crippen molar-refractivity contribution in [3.05, 3.63) is 28.0 Å². The monoisotopic (exact) mass is 366 g/mol. The fraction of sp³-hybridized carbons (Fsp3) is 0.538. The van der Waals surface area contributed by atoms with Gasteiger partial charge >= 0.3 is 0 Å². The zero-order valence-corrected chi connectivity index (χ0v) is 14.1. The Bertz CT molecular complexity index is 550. The van der Waals surface area contributed by atoms with Crippen molar-refractivity contribution in [2.75, 3.05) is 23.6 Å². The predicted molar refractivity (Wildman–Crippen MR) is 84.0 cm³/mol. The highest BCUT2D eigenvalue weighted by Gasteiger charge is 2.13. The van der Waals surface area contributed by atoms with Gasteiger partial charge in [-0.25, -0.2) is 12.8 Å². The van der Waals surface area contributed by atoms with Crippen LogP contribution in [0.3, 0.4) is 0 Å². The molecule has 0 aliphatic rings. The van der Waals surface area contributed by atoms with Crippen LogP contribution in [0, 0.1) is 12.7 Å². The van der Waals surface area contributed by atoms with Crippen molar-refractivity contribution in [2.24, 2.45) is 0 Å². The van der Waals surface area contributed by atoms with Gasteiger partial charge in [-0.05, 0) is 66.5 Å². The molecule has 0 saturated carbocycles. The van der Waals surface area contributed by atoms with Gasteiger partial charge < -0.3 is 5.32 Å². The largest absolute Gasteiger partial charge is 0.317 e. The Hall–Kier alpha value is -0.660. The molecule has 0 atom stereocenters. The lowest BCUT2D eigenvalue weighted by Crippen LogP contribution is -2.19. The first-order chi connectivity index (χ1) is 9.35. The van der Waals surface area contributed by atoms with Crippen molar-refractivity contribution in [1.82, 2.24) is 5.32 Å². The number of hydrogen-bond acceptors (Lipinski definition) is 3. The summed E-state index contributed by atoms with van der Waals surface area (Å²) in [4.78, 5) is 0. The SMILES string of the molecule is CCNCCCCS(=O)(=O)Nc1cc(Br)c(F)cc1C. The van der Waals surface area contributed by atoms with Crippen molar-refractivity contribution in [3.8, 4) is 0 Å². The first-order valence-electron chi connectivity index (χ1n) is 6.52. The second-order valence-electron chi connectivity index (χ2n) is 4.56. The molecule has 0 unspecified atom stereocenters. The van der Waals surface area contributed by atoms with Crippen LogP contribution in [0.15, 0.2) is 16.6 Å². The van der Waals surface area contributed by atoms with Crippen LogP contribution in [-0.4, -0.2) is 27.3 Å². The summed E-state index contributed by atoms with van der Waals surface area (Å²) in [5.74, 6) is -0.344. The summed E-state index contributed by atoms with van der Waals surface area (Å²) in [6.45, 7) is 5.37. The summed E-state index contributed by atoms with van der Waals surface area (Å²) >= 11 is 3.05. The molecule has 0 radical (unpaired) electrons. The molecule has 0 bridgehead atoms. The van der Waals surface area contributed by atoms with Gasteiger partial charge in [-0.2, -0.15) is 0 Å². The summed E-state index contributed by atoms with van der Waals surface area (Å²) in [6, 6.07) is 2.74. The van der Waals surface area contributed by atoms with E-state index in [0.717, 1.165) is 19.5 Å². The van der Waals surface area contributed by atoms with Gasteiger partial charge in [-0.3, -0.25) is 4.72 Å². The molecule has 0 amide bonds. The second kappa shape index (κ2) is 7.95. The summed E-state index contributed by atoms with van der Waals surface area (Å²) in [6.07, 6.45) is 1.39. The van der Waals surface area contributed by atoms with Crippen molar-refractivity contribution >= 4 is 31.6 Å². The predicted octanol–water partition coefficient (Wildman–Crippen LogP) is 3.03. The number of halogens is 2. The molecule has 1 aromatic rings. The summed E-state index contributed by atoms with van der Waals surface area (Å²) in [5, 5.41) is 3.14. The number of anilines is 1. The van der Waals surface area contributed by atoms with E-state index in [4.69, 9.17) is 0 Å². The molecule has 0 aliphatic carbocycles. The molecule has 114 valence electrons. The molecule has 0 aliphatic heterocycles. The molecule has 0 saturated heterocycles. The van der Waals surface area contributed by atoms with E-state index in [9.17, 15) is 12.8 Å². The van der Waals surface area contributed by atoms with Gasteiger partial charge in [0.1, 0.15) is 5.82 Å². The van der Waals surface area contributed by atoms with E-state index in [1.54, 1.807) is 6.92 Å². The number of unbranched alkanes of at least 4 members (excludes halogenated alkanes) is 1. The Balaban J connectivity index is 2.60. The molecule has 0 aromatic heterocycles. The number of hydrogen-bond donors (Lipinski definition) is 2. The maximum atomic E-state index is 13.3. The Morgan fingerprint density at radius 2 is 2.00 bits per heavy atom. The van der Waals surface area contributed by atoms with E-state index in [1.807, 2.05) is 6.92 Å². The summed E-state index contributed by atoms with van der Waals surface area (Å²) < 4.78 is 39.9. The number of benzene rings is 1. The maximum absolute atomic E-state index is 13.3. The standard InChI is InChI=1S/C13H20BrFN2O2S/c1-3-16-6-4-5-7-20(18,19)17-13-9-11(14)12(15)8-10(13)2/h8-9,16-17H,3-7H2,1-2H3. The van der Waals surface area contributed by atoms with Gasteiger partial charge in [0.05, 0.1) is 15.9 Å². The molecule has 0 heterocycles. The first-order valence-corrected chi connectivity index (χ1v) is 8.97. The number of rotatable bonds is 8. The van der Waals surface area contributed by atoms with Crippen molar-refractivity contribution in [2.45, 2.75) is 26.7 Å². The van der Waals surface area contributed by atoms with Crippen LogP contribution in [0.2, 0.25) is 0 Å². The highest BCUT2D eigenvalue weighted by Crippen LogP contribution is 2.25. The molecule has 0 fully saturated rings. The molecule has 1 aromatic carbocycles. The Morgan fingerprint density at radius 3 is 2.65 bits per heavy atom. The highest BCUT2D eigenvalue weighted by atomic mass is 79.9. The fourth-order valence-corrected chi connectivity index (χ4v) is 3.28. The van der Waals surface area contributed by atoms with E-state index in [1.165, 1.54) is 12.1 Å². The average molecular weight is 367 g/mol. The molecular weight excluding hydrogens is 347 g/mol. The first kappa shape index (κ1) is 17.4. The Kier molecular flexibility index (Phi) is 6.91. The van der Waals surface area contributed by atoms with Crippen molar-refractivity contribution in [3.63, 3.8) is 0 Å². The third-order valence-corrected chi connectivity index (χ3v) is 4.76. The van der Waals surface area contributed by atoms with Gasteiger partial charge in [0.2, 0.25) is 10.0 Å². The molecule has 1 rings (SSSR count). The molecule has 2 N–H and O–H groups in total. The van der Waals surface area contributed by atoms with E-state index >= 15 is 0 Å². The quantitative estimate of drug-likeness (QED) is 0.695. The molecule has 7 heteroatoms. The topological polar surface area (TPSA) is 58.2 Å². The lowest BCUT2D eigenvalue weighted by Gasteiger charge is -2.11. The van der Waals surface area contributed by atoms with Gasteiger partial charge in [0, 0.05) is 0 Å². The summed E-state index contributed by atoms with van der Waals surface area (Å²) in [7, 11) is -3.39. The highest BCUT2D eigenvalue weighted by molar-refractivity contribution is 9.10. The van der Waals surface area contributed by atoms with E-state index < -0.39 is 15.8 Å². The van der Waals surface area contributed by atoms with Crippen LogP contribution in [0.1, 0.15) is 25.3 Å². The zero-order valence-electron chi connectivity index (χ0n) is 11.7. The van der Waals surface area contributed by atoms with E-state index in [2.05, 4.69) is 26.0 Å². The van der Waals surface area contributed by atoms with Gasteiger partial charge in [0.15, 0.2) is 0 Å². The molecule has 20 heavy (non-hydrogen) atoms. The van der Waals surface area contributed by atoms with Crippen molar-refractivity contribution < 1.29 is 12.8 Å². The zero-order chi connectivity index (χ0) is 15.2. The van der Waals surface area contributed by atoms with Crippen LogP contribution in [0.25, 0.3) is 0 Å². The molecular formula is C13H20BrFN2O2S. The van der Waals surface area contributed by atoms with Gasteiger partial charge in [0.25, 0.3) is 0 Å². The van der Waals surface area contributed by atoms with E-state index in [0.29, 0.717) is 17.7 Å². The smallest absolute Gasteiger partial charge is 0.232 e. The van der Waals surface area contributed by atoms with Crippen LogP contribution in [-0.2, 0) is 10.0 Å². The minimum absolute atomic E-state index is 0.0623. The van der Waals surface area contributed by atoms with Crippen LogP contribution in [0.5, 0.6) is 0 Å². The van der Waals surface area contributed by atoms with Crippen LogP contribution >= 0.6 is 15.9 Å². The minimum Gasteiger partial charge on any atom is -0.317 e. The minimum atomic E-state index is -3.39. The third kappa shape index (κ3) is 5.76. The van der Waals surface area contributed by atoms with Crippen LogP contribution in [0.4, 0.5) is 10.1 Å². The van der Waals surface area contributed by atoms with Gasteiger partial charge in [-0.15, -0.1) is 0 Å². The second-order valence-corrected chi connectivity index (χ2v) is 7.26. The Labute approximate surface area is 128 Å². The number of nitrogens with one attached hydrogen (secondary N) is 2. The molecule has 4 nitrogen and oxygen atoms in total. The fourth-order valence-electron chi connectivity index (χ4n) is 1.69. The lowest BCUT2D eigenvalue weighted by atomic mass is 10.2. The number of aryl methyl sites for hydroxylation is 1. The Morgan fingerprint density at radius 1 is 1.30 bits per heavy atom. The van der Waals surface area contributed by atoms with Crippen LogP contribution < -0.4 is 10.0 Å². The van der Waals surface area contributed by atoms with Gasteiger partial charge in [-0.1, -0.05) is 6.92 Å². The average Bonchev–Trinajstić information content (AvgIpc) is 2.35.